The SMILES string of the molecule is CCCOC(=O)O[C@H]1CC[C@@]2(C)C(=CC[C@@H]3[C@@H]2CC[C@]2(C)C(c4cccnc4)=CC[C@@H]32)C1. The number of aromatic nitrogens is 1. The predicted octanol–water partition coefficient (Wildman–Crippen LogP) is 6.97. The third kappa shape index (κ3) is 3.50. The third-order valence-electron chi connectivity index (χ3n) is 9.30. The van der Waals surface area contributed by atoms with E-state index in [1.54, 1.807) is 0 Å². The van der Waals surface area contributed by atoms with E-state index in [1.807, 2.05) is 19.3 Å². The van der Waals surface area contributed by atoms with Crippen molar-refractivity contribution in [2.45, 2.75) is 78.2 Å². The summed E-state index contributed by atoms with van der Waals surface area (Å²) in [7, 11) is 0. The number of pyridine rings is 1. The molecule has 0 aromatic carbocycles. The molecule has 172 valence electrons. The lowest BCUT2D eigenvalue weighted by Crippen LogP contribution is -2.50. The molecule has 5 rings (SSSR count). The van der Waals surface area contributed by atoms with Gasteiger partial charge in [0.2, 0.25) is 0 Å². The predicted molar refractivity (Wildman–Crippen MR) is 126 cm³/mol. The molecule has 0 bridgehead atoms. The van der Waals surface area contributed by atoms with E-state index in [2.05, 4.69) is 43.1 Å². The summed E-state index contributed by atoms with van der Waals surface area (Å²) in [6.45, 7) is 7.44. The van der Waals surface area contributed by atoms with Gasteiger partial charge in [-0.05, 0) is 90.7 Å². The summed E-state index contributed by atoms with van der Waals surface area (Å²) < 4.78 is 10.8. The fraction of sp³-hybridized carbons (Fsp3) is 0.643. The smallest absolute Gasteiger partial charge is 0.434 e. The van der Waals surface area contributed by atoms with E-state index < -0.39 is 6.16 Å². The van der Waals surface area contributed by atoms with Crippen LogP contribution >= 0.6 is 0 Å². The normalized spacial score (nSPS) is 38.0. The van der Waals surface area contributed by atoms with Crippen molar-refractivity contribution in [3.05, 3.63) is 47.8 Å². The Labute approximate surface area is 192 Å². The molecule has 1 aromatic rings. The maximum atomic E-state index is 12.0. The van der Waals surface area contributed by atoms with Crippen LogP contribution < -0.4 is 0 Å². The molecule has 0 amide bonds. The van der Waals surface area contributed by atoms with Gasteiger partial charge < -0.3 is 9.47 Å². The molecule has 4 aliphatic rings. The zero-order valence-electron chi connectivity index (χ0n) is 19.8. The number of allylic oxidation sites excluding steroid dienone is 3. The van der Waals surface area contributed by atoms with Crippen molar-refractivity contribution in [3.63, 3.8) is 0 Å². The molecule has 6 atom stereocenters. The largest absolute Gasteiger partial charge is 0.508 e. The molecule has 1 aromatic heterocycles. The Morgan fingerprint density at radius 2 is 1.97 bits per heavy atom. The summed E-state index contributed by atoms with van der Waals surface area (Å²) in [4.78, 5) is 16.4. The minimum atomic E-state index is -0.497. The highest BCUT2D eigenvalue weighted by Crippen LogP contribution is 2.66. The van der Waals surface area contributed by atoms with E-state index in [4.69, 9.17) is 9.47 Å². The molecule has 0 saturated heterocycles. The molecular formula is C28H37NO3. The Morgan fingerprint density at radius 3 is 2.75 bits per heavy atom. The van der Waals surface area contributed by atoms with Gasteiger partial charge in [0, 0.05) is 18.8 Å². The summed E-state index contributed by atoms with van der Waals surface area (Å²) in [6, 6.07) is 4.29. The molecule has 0 aliphatic heterocycles. The number of carbonyl (C=O) groups excluding carboxylic acids is 1. The molecule has 2 saturated carbocycles. The molecule has 2 fully saturated rings. The molecule has 32 heavy (non-hydrogen) atoms. The van der Waals surface area contributed by atoms with E-state index in [1.165, 1.54) is 36.0 Å². The van der Waals surface area contributed by atoms with Gasteiger partial charge in [-0.2, -0.15) is 0 Å². The number of hydrogen-bond acceptors (Lipinski definition) is 4. The number of hydrogen-bond donors (Lipinski definition) is 0. The van der Waals surface area contributed by atoms with Crippen LogP contribution in [0, 0.1) is 28.6 Å². The highest BCUT2D eigenvalue weighted by atomic mass is 16.7. The number of ether oxygens (including phenoxy) is 2. The van der Waals surface area contributed by atoms with Gasteiger partial charge in [0.25, 0.3) is 0 Å². The monoisotopic (exact) mass is 435 g/mol. The van der Waals surface area contributed by atoms with Crippen LogP contribution in [0.3, 0.4) is 0 Å². The Balaban J connectivity index is 1.32. The molecule has 0 radical (unpaired) electrons. The van der Waals surface area contributed by atoms with Crippen molar-refractivity contribution in [2.75, 3.05) is 6.61 Å². The second kappa shape index (κ2) is 8.35. The Morgan fingerprint density at radius 1 is 1.12 bits per heavy atom. The average Bonchev–Trinajstić information content (AvgIpc) is 3.16. The summed E-state index contributed by atoms with van der Waals surface area (Å²) >= 11 is 0. The van der Waals surface area contributed by atoms with E-state index in [0.29, 0.717) is 12.5 Å². The second-order valence-corrected chi connectivity index (χ2v) is 10.9. The summed E-state index contributed by atoms with van der Waals surface area (Å²) in [5, 5.41) is 0. The second-order valence-electron chi connectivity index (χ2n) is 10.9. The first-order chi connectivity index (χ1) is 15.5. The highest BCUT2D eigenvalue weighted by Gasteiger charge is 2.57. The number of fused-ring (bicyclic) bond motifs is 5. The van der Waals surface area contributed by atoms with Crippen LogP contribution in [-0.4, -0.2) is 23.9 Å². The van der Waals surface area contributed by atoms with Crippen molar-refractivity contribution < 1.29 is 14.3 Å². The zero-order valence-corrected chi connectivity index (χ0v) is 19.8. The summed E-state index contributed by atoms with van der Waals surface area (Å²) in [6.07, 6.45) is 17.1. The van der Waals surface area contributed by atoms with Crippen LogP contribution in [0.2, 0.25) is 0 Å². The quantitative estimate of drug-likeness (QED) is 0.378. The number of carbonyl (C=O) groups is 1. The molecule has 4 nitrogen and oxygen atoms in total. The molecule has 0 unspecified atom stereocenters. The first-order valence-corrected chi connectivity index (χ1v) is 12.6. The van der Waals surface area contributed by atoms with Crippen molar-refractivity contribution >= 4 is 11.7 Å². The lowest BCUT2D eigenvalue weighted by Gasteiger charge is -2.57. The fourth-order valence-corrected chi connectivity index (χ4v) is 7.62. The van der Waals surface area contributed by atoms with Gasteiger partial charge in [0.1, 0.15) is 6.10 Å². The summed E-state index contributed by atoms with van der Waals surface area (Å²) in [5.74, 6) is 2.18. The van der Waals surface area contributed by atoms with Gasteiger partial charge in [-0.15, -0.1) is 0 Å². The molecule has 0 spiro atoms. The number of rotatable bonds is 4. The van der Waals surface area contributed by atoms with Gasteiger partial charge in [-0.3, -0.25) is 4.98 Å². The Kier molecular flexibility index (Phi) is 5.67. The number of nitrogens with zero attached hydrogens (tertiary/aromatic N) is 1. The average molecular weight is 436 g/mol. The fourth-order valence-electron chi connectivity index (χ4n) is 7.62. The summed E-state index contributed by atoms with van der Waals surface area (Å²) in [5.41, 5.74) is 4.86. The van der Waals surface area contributed by atoms with Gasteiger partial charge in [-0.1, -0.05) is 44.6 Å². The maximum Gasteiger partial charge on any atom is 0.508 e. The van der Waals surface area contributed by atoms with Crippen molar-refractivity contribution in [1.29, 1.82) is 0 Å². The Hall–Kier alpha value is -2.10. The standard InChI is InChI=1S/C28H37NO3/c1-4-16-31-26(30)32-21-11-13-27(2)20(17-21)7-8-22-24-10-9-23(19-6-5-15-29-18-19)28(24,3)14-12-25(22)27/h5-7,9,15,18,21-22,24-25H,4,8,10-14,16-17H2,1-3H3/t21-,22-,24-,25-,27-,28+/m0/s1. The third-order valence-corrected chi connectivity index (χ3v) is 9.30. The van der Waals surface area contributed by atoms with Crippen LogP contribution in [0.4, 0.5) is 4.79 Å². The van der Waals surface area contributed by atoms with Crippen LogP contribution in [0.15, 0.2) is 42.3 Å². The van der Waals surface area contributed by atoms with Gasteiger partial charge in [0.05, 0.1) is 6.61 Å². The van der Waals surface area contributed by atoms with Gasteiger partial charge in [0.15, 0.2) is 0 Å². The van der Waals surface area contributed by atoms with E-state index in [9.17, 15) is 4.79 Å². The van der Waals surface area contributed by atoms with Crippen LogP contribution in [0.25, 0.3) is 5.57 Å². The molecule has 0 N–H and O–H groups in total. The Bertz CT molecular complexity index is 922. The maximum absolute atomic E-state index is 12.0. The topological polar surface area (TPSA) is 48.4 Å². The van der Waals surface area contributed by atoms with Gasteiger partial charge in [-0.25, -0.2) is 4.79 Å². The molecule has 1 heterocycles. The molecule has 4 aliphatic carbocycles. The first kappa shape index (κ1) is 21.7. The van der Waals surface area contributed by atoms with Crippen molar-refractivity contribution in [3.8, 4) is 0 Å². The van der Waals surface area contributed by atoms with Crippen molar-refractivity contribution in [1.82, 2.24) is 4.98 Å². The van der Waals surface area contributed by atoms with E-state index >= 15 is 0 Å². The lowest BCUT2D eigenvalue weighted by molar-refractivity contribution is -0.0359. The highest BCUT2D eigenvalue weighted by molar-refractivity contribution is 5.72. The van der Waals surface area contributed by atoms with Crippen LogP contribution in [0.5, 0.6) is 0 Å². The van der Waals surface area contributed by atoms with E-state index in [0.717, 1.165) is 43.9 Å². The van der Waals surface area contributed by atoms with Crippen LogP contribution in [-0.2, 0) is 9.47 Å². The zero-order chi connectivity index (χ0) is 22.3. The van der Waals surface area contributed by atoms with E-state index in [-0.39, 0.29) is 16.9 Å². The van der Waals surface area contributed by atoms with Crippen molar-refractivity contribution in [2.24, 2.45) is 28.6 Å². The van der Waals surface area contributed by atoms with Gasteiger partial charge >= 0.3 is 6.16 Å². The minimum Gasteiger partial charge on any atom is -0.434 e. The molecule has 4 heteroatoms. The lowest BCUT2D eigenvalue weighted by atomic mass is 9.47. The first-order valence-electron chi connectivity index (χ1n) is 12.6. The van der Waals surface area contributed by atoms with Crippen LogP contribution in [0.1, 0.15) is 77.7 Å². The molecular weight excluding hydrogens is 398 g/mol. The minimum absolute atomic E-state index is 0.0329.